The van der Waals surface area contributed by atoms with E-state index in [1.54, 1.807) is 12.1 Å². The zero-order chi connectivity index (χ0) is 18.7. The van der Waals surface area contributed by atoms with Crippen LogP contribution < -0.4 is 0 Å². The van der Waals surface area contributed by atoms with Crippen molar-refractivity contribution >= 4 is 40.0 Å². The number of aryl methyl sites for hydroxylation is 1. The number of phenols is 1. The summed E-state index contributed by atoms with van der Waals surface area (Å²) in [6, 6.07) is 6.72. The fraction of sp³-hybridized carbons (Fsp3) is 0.316. The summed E-state index contributed by atoms with van der Waals surface area (Å²) in [5.74, 6) is -0.205. The van der Waals surface area contributed by atoms with Crippen LogP contribution in [0.15, 0.2) is 24.3 Å². The van der Waals surface area contributed by atoms with Gasteiger partial charge in [-0.1, -0.05) is 49.2 Å². The van der Waals surface area contributed by atoms with E-state index in [0.717, 1.165) is 11.1 Å². The first-order chi connectivity index (χ1) is 11.7. The van der Waals surface area contributed by atoms with E-state index in [1.807, 2.05) is 19.9 Å². The smallest absolute Gasteiger partial charge is 0.221 e. The van der Waals surface area contributed by atoms with Gasteiger partial charge in [0.15, 0.2) is 0 Å². The highest BCUT2D eigenvalue weighted by Gasteiger charge is 2.17. The molecule has 0 fully saturated rings. The normalized spacial score (nSPS) is 11.2. The Morgan fingerprint density at radius 1 is 1.24 bits per heavy atom. The number of aromatic hydroxyl groups is 1. The maximum Gasteiger partial charge on any atom is 0.221 e. The van der Waals surface area contributed by atoms with Crippen LogP contribution in [-0.2, 0) is 17.6 Å². The first-order valence-corrected chi connectivity index (χ1v) is 8.99. The van der Waals surface area contributed by atoms with Crippen molar-refractivity contribution in [1.29, 1.82) is 0 Å². The summed E-state index contributed by atoms with van der Waals surface area (Å²) in [6.45, 7) is 3.96. The van der Waals surface area contributed by atoms with Gasteiger partial charge in [-0.25, -0.2) is 4.39 Å². The van der Waals surface area contributed by atoms with Gasteiger partial charge < -0.3 is 5.11 Å². The number of halogens is 4. The van der Waals surface area contributed by atoms with Crippen molar-refractivity contribution in [2.45, 2.75) is 39.0 Å². The summed E-state index contributed by atoms with van der Waals surface area (Å²) in [5.41, 5.74) is 2.42. The first kappa shape index (κ1) is 20.0. The maximum absolute atomic E-state index is 14.5. The average Bonchev–Trinajstić information content (AvgIpc) is 2.54. The molecule has 0 unspecified atom stereocenters. The van der Waals surface area contributed by atoms with Gasteiger partial charge in [0.1, 0.15) is 11.6 Å². The van der Waals surface area contributed by atoms with E-state index < -0.39 is 11.1 Å². The molecule has 0 bridgehead atoms. The van der Waals surface area contributed by atoms with E-state index in [4.69, 9.17) is 34.8 Å². The molecule has 0 aliphatic carbocycles. The fourth-order valence-electron chi connectivity index (χ4n) is 2.64. The zero-order valence-corrected chi connectivity index (χ0v) is 16.1. The molecular weight excluding hydrogens is 386 g/mol. The average molecular weight is 404 g/mol. The Morgan fingerprint density at radius 2 is 1.92 bits per heavy atom. The van der Waals surface area contributed by atoms with Gasteiger partial charge in [-0.05, 0) is 58.3 Å². The molecule has 25 heavy (non-hydrogen) atoms. The predicted octanol–water partition coefficient (Wildman–Crippen LogP) is 6.25. The third-order valence-corrected chi connectivity index (χ3v) is 4.93. The number of carbonyl (C=O) groups is 1. The van der Waals surface area contributed by atoms with Gasteiger partial charge in [0.2, 0.25) is 5.24 Å². The summed E-state index contributed by atoms with van der Waals surface area (Å²) in [7, 11) is 0. The summed E-state index contributed by atoms with van der Waals surface area (Å²) in [4.78, 5) is 10.9. The molecule has 0 heterocycles. The minimum atomic E-state index is -0.582. The third kappa shape index (κ3) is 4.87. The van der Waals surface area contributed by atoms with Gasteiger partial charge in [-0.2, -0.15) is 0 Å². The van der Waals surface area contributed by atoms with Crippen LogP contribution in [0.25, 0.3) is 0 Å². The van der Waals surface area contributed by atoms with Gasteiger partial charge >= 0.3 is 0 Å². The van der Waals surface area contributed by atoms with Crippen molar-refractivity contribution in [2.75, 3.05) is 0 Å². The van der Waals surface area contributed by atoms with E-state index in [0.29, 0.717) is 17.0 Å². The van der Waals surface area contributed by atoms with Crippen molar-refractivity contribution in [3.8, 4) is 5.75 Å². The van der Waals surface area contributed by atoms with E-state index in [-0.39, 0.29) is 35.1 Å². The van der Waals surface area contributed by atoms with Crippen LogP contribution in [-0.4, -0.2) is 10.3 Å². The Hall–Kier alpha value is -1.29. The van der Waals surface area contributed by atoms with Crippen molar-refractivity contribution in [3.63, 3.8) is 0 Å². The van der Waals surface area contributed by atoms with Crippen LogP contribution >= 0.6 is 34.8 Å². The Balaban J connectivity index is 2.36. The van der Waals surface area contributed by atoms with Crippen molar-refractivity contribution in [2.24, 2.45) is 0 Å². The van der Waals surface area contributed by atoms with Crippen LogP contribution in [0, 0.1) is 5.82 Å². The number of hydrogen-bond acceptors (Lipinski definition) is 2. The lowest BCUT2D eigenvalue weighted by atomic mass is 9.95. The molecule has 2 nitrogen and oxygen atoms in total. The number of rotatable bonds is 6. The van der Waals surface area contributed by atoms with E-state index >= 15 is 0 Å². The van der Waals surface area contributed by atoms with Crippen LogP contribution in [0.2, 0.25) is 10.0 Å². The SMILES string of the molecule is CC(C)c1cc(Cc2c(Cl)cc(CCC(=O)Cl)c(F)c2Cl)ccc1O. The minimum absolute atomic E-state index is 0.0141. The fourth-order valence-corrected chi connectivity index (χ4v) is 3.36. The summed E-state index contributed by atoms with van der Waals surface area (Å²) >= 11 is 17.8. The summed E-state index contributed by atoms with van der Waals surface area (Å²) in [5, 5.41) is 9.66. The van der Waals surface area contributed by atoms with E-state index in [9.17, 15) is 14.3 Å². The second-order valence-corrected chi connectivity index (χ2v) is 7.41. The second kappa shape index (κ2) is 8.39. The quantitative estimate of drug-likeness (QED) is 0.457. The molecule has 0 spiro atoms. The largest absolute Gasteiger partial charge is 0.508 e. The van der Waals surface area contributed by atoms with Crippen molar-refractivity contribution in [3.05, 3.63) is 62.4 Å². The Kier molecular flexibility index (Phi) is 6.72. The molecule has 2 aromatic rings. The molecule has 0 aliphatic rings. The van der Waals surface area contributed by atoms with Gasteiger partial charge in [-0.3, -0.25) is 4.79 Å². The van der Waals surface area contributed by atoms with Gasteiger partial charge in [-0.15, -0.1) is 0 Å². The molecule has 2 aromatic carbocycles. The van der Waals surface area contributed by atoms with Crippen LogP contribution in [0.5, 0.6) is 5.75 Å². The number of carbonyl (C=O) groups excluding carboxylic acids is 1. The standard InChI is InChI=1S/C19H18Cl3FO2/c1-10(2)13-7-11(3-5-16(13)24)8-14-15(20)9-12(4-6-17(21)25)19(23)18(14)22/h3,5,7,9-10,24H,4,6,8H2,1-2H3. The van der Waals surface area contributed by atoms with Crippen molar-refractivity contribution < 1.29 is 14.3 Å². The lowest BCUT2D eigenvalue weighted by Gasteiger charge is -2.14. The molecule has 0 saturated heterocycles. The molecule has 0 atom stereocenters. The molecule has 0 amide bonds. The molecule has 0 aliphatic heterocycles. The highest BCUT2D eigenvalue weighted by atomic mass is 35.5. The molecule has 134 valence electrons. The summed E-state index contributed by atoms with van der Waals surface area (Å²) in [6.07, 6.45) is 0.494. The lowest BCUT2D eigenvalue weighted by molar-refractivity contribution is -0.111. The zero-order valence-electron chi connectivity index (χ0n) is 13.9. The molecule has 0 radical (unpaired) electrons. The topological polar surface area (TPSA) is 37.3 Å². The summed E-state index contributed by atoms with van der Waals surface area (Å²) < 4.78 is 14.5. The second-order valence-electron chi connectivity index (χ2n) is 6.20. The third-order valence-electron chi connectivity index (χ3n) is 4.01. The molecule has 0 aromatic heterocycles. The van der Waals surface area contributed by atoms with Crippen LogP contribution in [0.3, 0.4) is 0 Å². The van der Waals surface area contributed by atoms with E-state index in [1.165, 1.54) is 6.07 Å². The maximum atomic E-state index is 14.5. The highest BCUT2D eigenvalue weighted by molar-refractivity contribution is 6.63. The number of phenolic OH excluding ortho intramolecular Hbond substituents is 1. The van der Waals surface area contributed by atoms with Crippen LogP contribution in [0.1, 0.15) is 48.4 Å². The molecule has 0 saturated carbocycles. The highest BCUT2D eigenvalue weighted by Crippen LogP contribution is 2.34. The molecule has 6 heteroatoms. The van der Waals surface area contributed by atoms with Gasteiger partial charge in [0.25, 0.3) is 0 Å². The first-order valence-electron chi connectivity index (χ1n) is 7.86. The monoisotopic (exact) mass is 402 g/mol. The molecular formula is C19H18Cl3FO2. The Bertz CT molecular complexity index is 804. The Morgan fingerprint density at radius 3 is 2.52 bits per heavy atom. The van der Waals surface area contributed by atoms with Crippen molar-refractivity contribution in [1.82, 2.24) is 0 Å². The number of benzene rings is 2. The minimum Gasteiger partial charge on any atom is -0.508 e. The van der Waals surface area contributed by atoms with Gasteiger partial charge in [0, 0.05) is 17.9 Å². The van der Waals surface area contributed by atoms with Crippen LogP contribution in [0.4, 0.5) is 4.39 Å². The lowest BCUT2D eigenvalue weighted by Crippen LogP contribution is -2.01. The van der Waals surface area contributed by atoms with Gasteiger partial charge in [0.05, 0.1) is 5.02 Å². The number of hydrogen-bond donors (Lipinski definition) is 1. The Labute approximate surface area is 161 Å². The predicted molar refractivity (Wildman–Crippen MR) is 101 cm³/mol. The van der Waals surface area contributed by atoms with E-state index in [2.05, 4.69) is 0 Å². The molecule has 1 N–H and O–H groups in total. The molecule has 2 rings (SSSR count).